The van der Waals surface area contributed by atoms with Crippen LogP contribution in [0.3, 0.4) is 0 Å². The molecule has 3 aliphatic heterocycles. The van der Waals surface area contributed by atoms with E-state index in [-0.39, 0.29) is 36.8 Å². The van der Waals surface area contributed by atoms with Crippen LogP contribution in [0.4, 0.5) is 4.79 Å². The molecule has 0 spiro atoms. The van der Waals surface area contributed by atoms with Crippen molar-refractivity contribution in [2.75, 3.05) is 38.2 Å². The zero-order valence-corrected chi connectivity index (χ0v) is 24.6. The van der Waals surface area contributed by atoms with E-state index in [4.69, 9.17) is 4.74 Å². The first-order valence-electron chi connectivity index (χ1n) is 12.6. The number of carbonyl (C=O) groups is 6. The standard InChI is InChI=1S/C22H29N9O9S2/c1-5-29-6-7-30(16(35)15(29)34)20(39)23-12(10(2)32)14(33)24-22(40-4)18(38)31-13(17(36)37)11(8-41-19(22)31)9-42-21-25-26-27-28(21)3/h10,12,19,32H,5-9H2,1-4H3,(H,23,39)(H,24,33)(H,36,37)/t10-,12-,19+,22+/m1/s1. The number of likely N-dealkylation sites (N-methyl/N-ethyl adjacent to an activating group) is 1. The van der Waals surface area contributed by atoms with Gasteiger partial charge >= 0.3 is 23.8 Å². The molecule has 0 aliphatic carbocycles. The van der Waals surface area contributed by atoms with Gasteiger partial charge in [0.1, 0.15) is 17.1 Å². The highest BCUT2D eigenvalue weighted by molar-refractivity contribution is 8.01. The number of rotatable bonds is 10. The lowest BCUT2D eigenvalue weighted by molar-refractivity contribution is -0.193. The first-order valence-corrected chi connectivity index (χ1v) is 14.6. The van der Waals surface area contributed by atoms with Crippen LogP contribution in [0.15, 0.2) is 16.4 Å². The molecule has 228 valence electrons. The summed E-state index contributed by atoms with van der Waals surface area (Å²) in [6, 6.07) is -2.74. The van der Waals surface area contributed by atoms with Crippen molar-refractivity contribution >= 4 is 59.2 Å². The van der Waals surface area contributed by atoms with E-state index in [1.54, 1.807) is 14.0 Å². The Morgan fingerprint density at radius 3 is 2.52 bits per heavy atom. The Balaban J connectivity index is 1.49. The van der Waals surface area contributed by atoms with Gasteiger partial charge in [-0.25, -0.2) is 14.3 Å². The van der Waals surface area contributed by atoms with Gasteiger partial charge in [0.25, 0.3) is 11.6 Å². The van der Waals surface area contributed by atoms with Gasteiger partial charge < -0.3 is 30.5 Å². The second-order valence-electron chi connectivity index (χ2n) is 9.41. The summed E-state index contributed by atoms with van der Waals surface area (Å²) in [7, 11) is 2.78. The second kappa shape index (κ2) is 12.2. The van der Waals surface area contributed by atoms with Crippen molar-refractivity contribution in [3.05, 3.63) is 11.3 Å². The van der Waals surface area contributed by atoms with Crippen LogP contribution >= 0.6 is 23.5 Å². The van der Waals surface area contributed by atoms with Crippen LogP contribution in [0.1, 0.15) is 13.8 Å². The van der Waals surface area contributed by atoms with Gasteiger partial charge in [-0.3, -0.25) is 29.0 Å². The van der Waals surface area contributed by atoms with Crippen molar-refractivity contribution in [3.8, 4) is 0 Å². The first-order chi connectivity index (χ1) is 19.9. The summed E-state index contributed by atoms with van der Waals surface area (Å²) in [5.41, 5.74) is -1.84. The Bertz CT molecular complexity index is 1350. The SMILES string of the molecule is CCN1CCN(C(=O)N[C@@H](C(=O)N[C@]2(OC)C(=O)N3C(C(=O)O)=C(CSc4nnnn4C)CS[C@H]32)[C@@H](C)O)C(=O)C1=O. The number of tetrazole rings is 1. The van der Waals surface area contributed by atoms with E-state index in [9.17, 15) is 39.0 Å². The van der Waals surface area contributed by atoms with Crippen molar-refractivity contribution in [1.82, 2.24) is 45.5 Å². The van der Waals surface area contributed by atoms with E-state index >= 15 is 0 Å². The molecular weight excluding hydrogens is 598 g/mol. The Kier molecular flexibility index (Phi) is 9.09. The number of imide groups is 1. The number of carbonyl (C=O) groups excluding carboxylic acids is 5. The van der Waals surface area contributed by atoms with Gasteiger partial charge in [0.05, 0.1) is 6.10 Å². The van der Waals surface area contributed by atoms with Crippen molar-refractivity contribution in [3.63, 3.8) is 0 Å². The molecule has 0 aromatic carbocycles. The third-order valence-electron chi connectivity index (χ3n) is 6.88. The maximum atomic E-state index is 13.4. The lowest BCUT2D eigenvalue weighted by atomic mass is 9.97. The van der Waals surface area contributed by atoms with E-state index in [0.717, 1.165) is 23.8 Å². The number of ether oxygens (including phenoxy) is 1. The van der Waals surface area contributed by atoms with Gasteiger partial charge in [-0.15, -0.1) is 16.9 Å². The first kappa shape index (κ1) is 31.2. The zero-order valence-electron chi connectivity index (χ0n) is 23.0. The fourth-order valence-electron chi connectivity index (χ4n) is 4.60. The summed E-state index contributed by atoms with van der Waals surface area (Å²) < 4.78 is 6.84. The Morgan fingerprint density at radius 1 is 1.24 bits per heavy atom. The topological polar surface area (TPSA) is 229 Å². The van der Waals surface area contributed by atoms with E-state index in [1.165, 1.54) is 28.3 Å². The number of aliphatic hydroxyl groups is 1. The number of urea groups is 1. The summed E-state index contributed by atoms with van der Waals surface area (Å²) in [5.74, 6) is -4.87. The Hall–Kier alpha value is -3.75. The molecule has 18 nitrogen and oxygen atoms in total. The van der Waals surface area contributed by atoms with E-state index < -0.39 is 58.9 Å². The van der Waals surface area contributed by atoms with Gasteiger partial charge in [-0.1, -0.05) is 11.8 Å². The molecule has 0 radical (unpaired) electrons. The summed E-state index contributed by atoms with van der Waals surface area (Å²) in [4.78, 5) is 79.3. The molecule has 2 saturated heterocycles. The predicted octanol–water partition coefficient (Wildman–Crippen LogP) is -2.84. The Morgan fingerprint density at radius 2 is 1.95 bits per heavy atom. The monoisotopic (exact) mass is 627 g/mol. The average Bonchev–Trinajstić information content (AvgIpc) is 3.37. The van der Waals surface area contributed by atoms with Crippen LogP contribution in [0.5, 0.6) is 0 Å². The summed E-state index contributed by atoms with van der Waals surface area (Å²) in [5, 5.41) is 35.5. The average molecular weight is 628 g/mol. The zero-order chi connectivity index (χ0) is 30.9. The lowest BCUT2D eigenvalue weighted by Crippen LogP contribution is -2.81. The highest BCUT2D eigenvalue weighted by Crippen LogP contribution is 2.47. The summed E-state index contributed by atoms with van der Waals surface area (Å²) >= 11 is 2.33. The van der Waals surface area contributed by atoms with Crippen molar-refractivity contribution < 1.29 is 43.7 Å². The molecule has 42 heavy (non-hydrogen) atoms. The number of piperazine rings is 1. The van der Waals surface area contributed by atoms with Gasteiger partial charge in [0, 0.05) is 45.3 Å². The molecule has 20 heteroatoms. The Labute approximate surface area is 247 Å². The minimum absolute atomic E-state index is 0.103. The molecule has 4 N–H and O–H groups in total. The maximum Gasteiger partial charge on any atom is 0.352 e. The largest absolute Gasteiger partial charge is 0.477 e. The molecular formula is C22H29N9O9S2. The van der Waals surface area contributed by atoms with Crippen molar-refractivity contribution in [1.29, 1.82) is 0 Å². The molecule has 2 fully saturated rings. The number of fused-ring (bicyclic) bond motifs is 1. The molecule has 1 aromatic heterocycles. The molecule has 0 bridgehead atoms. The molecule has 0 unspecified atom stereocenters. The minimum atomic E-state index is -2.01. The number of β-lactam (4-membered cyclic amide) rings is 1. The van der Waals surface area contributed by atoms with Crippen LogP contribution in [-0.2, 0) is 35.8 Å². The van der Waals surface area contributed by atoms with E-state index in [1.807, 2.05) is 0 Å². The fraction of sp³-hybridized carbons (Fsp3) is 0.591. The van der Waals surface area contributed by atoms with Gasteiger partial charge in [0.2, 0.25) is 11.1 Å². The second-order valence-corrected chi connectivity index (χ2v) is 11.4. The number of aromatic nitrogens is 4. The molecule has 6 amide bonds. The normalized spacial score (nSPS) is 23.8. The number of nitrogens with one attached hydrogen (secondary N) is 2. The molecule has 4 heterocycles. The smallest absolute Gasteiger partial charge is 0.352 e. The molecule has 3 aliphatic rings. The van der Waals surface area contributed by atoms with Crippen molar-refractivity contribution in [2.45, 2.75) is 42.2 Å². The number of aryl methyl sites for hydroxylation is 1. The number of aliphatic carboxylic acids is 1. The van der Waals surface area contributed by atoms with Crippen LogP contribution in [0.2, 0.25) is 0 Å². The van der Waals surface area contributed by atoms with Crippen LogP contribution < -0.4 is 10.6 Å². The maximum absolute atomic E-state index is 13.4. The minimum Gasteiger partial charge on any atom is -0.477 e. The fourth-order valence-corrected chi connectivity index (χ4v) is 7.02. The molecule has 1 aromatic rings. The summed E-state index contributed by atoms with van der Waals surface area (Å²) in [6.45, 7) is 3.15. The number of hydrogen-bond acceptors (Lipinski definition) is 13. The van der Waals surface area contributed by atoms with E-state index in [2.05, 4.69) is 26.2 Å². The predicted molar refractivity (Wildman–Crippen MR) is 143 cm³/mol. The molecule has 4 atom stereocenters. The number of thioether (sulfide) groups is 2. The number of nitrogens with zero attached hydrogens (tertiary/aromatic N) is 7. The number of aliphatic hydroxyl groups excluding tert-OH is 1. The van der Waals surface area contributed by atoms with Gasteiger partial charge in [0.15, 0.2) is 0 Å². The molecule has 0 saturated carbocycles. The van der Waals surface area contributed by atoms with E-state index in [0.29, 0.717) is 15.6 Å². The van der Waals surface area contributed by atoms with Crippen LogP contribution in [0.25, 0.3) is 0 Å². The van der Waals surface area contributed by atoms with Crippen LogP contribution in [0, 0.1) is 0 Å². The lowest BCUT2D eigenvalue weighted by Gasteiger charge is -2.56. The molecule has 4 rings (SSSR count). The number of amides is 6. The van der Waals surface area contributed by atoms with Crippen LogP contribution in [-0.4, -0.2) is 142 Å². The van der Waals surface area contributed by atoms with Crippen molar-refractivity contribution in [2.24, 2.45) is 7.05 Å². The number of carboxylic acids is 1. The third kappa shape index (κ3) is 5.41. The van der Waals surface area contributed by atoms with Gasteiger partial charge in [-0.2, -0.15) is 0 Å². The van der Waals surface area contributed by atoms with Gasteiger partial charge in [-0.05, 0) is 29.8 Å². The number of carboxylic acid groups (broad SMARTS) is 1. The third-order valence-corrected chi connectivity index (χ3v) is 9.35. The highest BCUT2D eigenvalue weighted by atomic mass is 32.2. The quantitative estimate of drug-likeness (QED) is 0.0887. The number of methoxy groups -OCH3 is 1. The summed E-state index contributed by atoms with van der Waals surface area (Å²) in [6.07, 6.45) is -1.50. The number of hydrogen-bond donors (Lipinski definition) is 4. The highest BCUT2D eigenvalue weighted by Gasteiger charge is 2.67.